The summed E-state index contributed by atoms with van der Waals surface area (Å²) in [6.07, 6.45) is 9.53. The van der Waals surface area contributed by atoms with Crippen LogP contribution in [0.25, 0.3) is 0 Å². The minimum absolute atomic E-state index is 0.234. The lowest BCUT2D eigenvalue weighted by Crippen LogP contribution is -2.46. The molecule has 0 bridgehead atoms. The summed E-state index contributed by atoms with van der Waals surface area (Å²) in [4.78, 5) is 19.0. The Bertz CT molecular complexity index is 436. The molecule has 2 aliphatic rings. The van der Waals surface area contributed by atoms with Crippen molar-refractivity contribution in [3.63, 3.8) is 0 Å². The van der Waals surface area contributed by atoms with Crippen LogP contribution in [0.4, 0.5) is 0 Å². The third-order valence-corrected chi connectivity index (χ3v) is 5.64. The maximum absolute atomic E-state index is 11.8. The molecular weight excluding hydrogens is 326 g/mol. The van der Waals surface area contributed by atoms with Crippen molar-refractivity contribution in [2.24, 2.45) is 10.9 Å². The van der Waals surface area contributed by atoms with E-state index >= 15 is 0 Å². The van der Waals surface area contributed by atoms with Crippen molar-refractivity contribution in [2.45, 2.75) is 71.3 Å². The summed E-state index contributed by atoms with van der Waals surface area (Å²) in [6.45, 7) is 9.96. The van der Waals surface area contributed by atoms with Gasteiger partial charge in [-0.1, -0.05) is 19.8 Å². The second-order valence-electron chi connectivity index (χ2n) is 7.55. The Kier molecular flexibility index (Phi) is 9.82. The number of rotatable bonds is 10. The number of piperidine rings is 1. The third kappa shape index (κ3) is 7.14. The molecule has 1 aliphatic carbocycles. The quantitative estimate of drug-likeness (QED) is 0.315. The first-order chi connectivity index (χ1) is 12.7. The number of nitrogens with zero attached hydrogens (tertiary/aromatic N) is 2. The lowest BCUT2D eigenvalue weighted by molar-refractivity contribution is -0.127. The topological polar surface area (TPSA) is 68.8 Å². The van der Waals surface area contributed by atoms with Gasteiger partial charge >= 0.3 is 0 Å². The number of likely N-dealkylation sites (tertiary alicyclic amines) is 1. The van der Waals surface area contributed by atoms with Crippen molar-refractivity contribution >= 4 is 11.9 Å². The first kappa shape index (κ1) is 21.0. The van der Waals surface area contributed by atoms with Gasteiger partial charge in [0.25, 0.3) is 0 Å². The predicted molar refractivity (Wildman–Crippen MR) is 108 cm³/mol. The van der Waals surface area contributed by atoms with Crippen LogP contribution in [-0.2, 0) is 4.79 Å². The van der Waals surface area contributed by atoms with Crippen molar-refractivity contribution in [1.82, 2.24) is 20.9 Å². The molecule has 2 fully saturated rings. The normalized spacial score (nSPS) is 21.9. The van der Waals surface area contributed by atoms with Crippen molar-refractivity contribution in [3.05, 3.63) is 0 Å². The molecule has 6 nitrogen and oxygen atoms in total. The average molecular weight is 366 g/mol. The molecule has 1 saturated heterocycles. The largest absolute Gasteiger partial charge is 0.357 e. The summed E-state index contributed by atoms with van der Waals surface area (Å²) in [5.74, 6) is 1.40. The number of carbonyl (C=O) groups excluding carboxylic acids is 1. The van der Waals surface area contributed by atoms with Crippen molar-refractivity contribution in [3.8, 4) is 0 Å². The Balaban J connectivity index is 1.61. The fourth-order valence-electron chi connectivity index (χ4n) is 3.77. The van der Waals surface area contributed by atoms with Crippen LogP contribution in [0.2, 0.25) is 0 Å². The van der Waals surface area contributed by atoms with Gasteiger partial charge in [0.05, 0.1) is 0 Å². The molecule has 6 heteroatoms. The predicted octanol–water partition coefficient (Wildman–Crippen LogP) is 2.11. The molecule has 0 radical (unpaired) electrons. The summed E-state index contributed by atoms with van der Waals surface area (Å²) in [5, 5.41) is 9.81. The molecule has 0 spiro atoms. The molecule has 1 unspecified atom stereocenters. The molecule has 1 saturated carbocycles. The minimum atomic E-state index is 0.234. The number of hydrogen-bond donors (Lipinski definition) is 3. The lowest BCUT2D eigenvalue weighted by atomic mass is 9.85. The summed E-state index contributed by atoms with van der Waals surface area (Å²) >= 11 is 0. The Hall–Kier alpha value is -1.30. The number of amides is 1. The second kappa shape index (κ2) is 12.2. The molecule has 1 amide bonds. The fraction of sp³-hybridized carbons (Fsp3) is 0.900. The Morgan fingerprint density at radius 1 is 1.04 bits per heavy atom. The molecule has 3 N–H and O–H groups in total. The van der Waals surface area contributed by atoms with Crippen LogP contribution in [0.15, 0.2) is 4.99 Å². The van der Waals surface area contributed by atoms with E-state index in [1.807, 2.05) is 0 Å². The zero-order chi connectivity index (χ0) is 18.6. The lowest BCUT2D eigenvalue weighted by Gasteiger charge is -2.35. The van der Waals surface area contributed by atoms with Crippen molar-refractivity contribution in [2.75, 3.05) is 39.3 Å². The third-order valence-electron chi connectivity index (χ3n) is 5.64. The van der Waals surface area contributed by atoms with Crippen LogP contribution in [0.3, 0.4) is 0 Å². The summed E-state index contributed by atoms with van der Waals surface area (Å²) in [6, 6.07) is 0.754. The zero-order valence-corrected chi connectivity index (χ0v) is 16.9. The van der Waals surface area contributed by atoms with Gasteiger partial charge in [0.15, 0.2) is 5.96 Å². The van der Waals surface area contributed by atoms with Gasteiger partial charge in [-0.05, 0) is 52.0 Å². The van der Waals surface area contributed by atoms with Crippen LogP contribution in [0.5, 0.6) is 0 Å². The van der Waals surface area contributed by atoms with E-state index in [9.17, 15) is 4.79 Å². The van der Waals surface area contributed by atoms with E-state index in [-0.39, 0.29) is 11.8 Å². The monoisotopic (exact) mass is 365 g/mol. The zero-order valence-electron chi connectivity index (χ0n) is 16.9. The van der Waals surface area contributed by atoms with E-state index in [0.29, 0.717) is 0 Å². The van der Waals surface area contributed by atoms with Gasteiger partial charge in [-0.3, -0.25) is 14.7 Å². The SMILES string of the molecule is CCNC(=NCCCNC(=O)C1CCC1)NCCN1CCCCC1CC. The van der Waals surface area contributed by atoms with Gasteiger partial charge in [0, 0.05) is 44.7 Å². The van der Waals surface area contributed by atoms with E-state index in [4.69, 9.17) is 0 Å². The van der Waals surface area contributed by atoms with Crippen molar-refractivity contribution in [1.29, 1.82) is 0 Å². The Labute approximate surface area is 159 Å². The van der Waals surface area contributed by atoms with E-state index in [2.05, 4.69) is 39.7 Å². The van der Waals surface area contributed by atoms with E-state index < -0.39 is 0 Å². The highest BCUT2D eigenvalue weighted by Gasteiger charge is 2.24. The number of hydrogen-bond acceptors (Lipinski definition) is 3. The van der Waals surface area contributed by atoms with Gasteiger partial charge in [0.2, 0.25) is 5.91 Å². The molecule has 0 aromatic carbocycles. The van der Waals surface area contributed by atoms with Gasteiger partial charge in [0.1, 0.15) is 0 Å². The van der Waals surface area contributed by atoms with Crippen LogP contribution in [-0.4, -0.2) is 62.1 Å². The summed E-state index contributed by atoms with van der Waals surface area (Å²) in [5.41, 5.74) is 0. The van der Waals surface area contributed by atoms with Gasteiger partial charge in [-0.25, -0.2) is 0 Å². The van der Waals surface area contributed by atoms with Crippen LogP contribution in [0, 0.1) is 5.92 Å². The molecule has 0 aromatic heterocycles. The van der Waals surface area contributed by atoms with Gasteiger partial charge in [-0.2, -0.15) is 0 Å². The molecule has 2 rings (SSSR count). The Morgan fingerprint density at radius 3 is 2.58 bits per heavy atom. The van der Waals surface area contributed by atoms with Crippen LogP contribution in [0.1, 0.15) is 65.2 Å². The first-order valence-corrected chi connectivity index (χ1v) is 10.8. The Morgan fingerprint density at radius 2 is 1.88 bits per heavy atom. The smallest absolute Gasteiger partial charge is 0.223 e. The molecule has 1 aliphatic heterocycles. The summed E-state index contributed by atoms with van der Waals surface area (Å²) in [7, 11) is 0. The standard InChI is InChI=1S/C20H39N5O/c1-3-18-11-5-6-15-25(18)16-14-24-20(21-4-2)23-13-8-12-22-19(26)17-9-7-10-17/h17-18H,3-16H2,1-2H3,(H,22,26)(H2,21,23,24). The van der Waals surface area contributed by atoms with Gasteiger partial charge < -0.3 is 16.0 Å². The van der Waals surface area contributed by atoms with Crippen LogP contribution >= 0.6 is 0 Å². The molecule has 0 aromatic rings. The molecule has 1 atom stereocenters. The maximum Gasteiger partial charge on any atom is 0.223 e. The average Bonchev–Trinajstić information content (AvgIpc) is 2.60. The van der Waals surface area contributed by atoms with Crippen molar-refractivity contribution < 1.29 is 4.79 Å². The van der Waals surface area contributed by atoms with E-state index in [1.165, 1.54) is 38.6 Å². The van der Waals surface area contributed by atoms with E-state index in [1.54, 1.807) is 0 Å². The second-order valence-corrected chi connectivity index (χ2v) is 7.55. The highest BCUT2D eigenvalue weighted by molar-refractivity contribution is 5.80. The molecule has 150 valence electrons. The number of aliphatic imine (C=N–C) groups is 1. The summed E-state index contributed by atoms with van der Waals surface area (Å²) < 4.78 is 0. The maximum atomic E-state index is 11.8. The number of nitrogens with one attached hydrogen (secondary N) is 3. The highest BCUT2D eigenvalue weighted by atomic mass is 16.1. The highest BCUT2D eigenvalue weighted by Crippen LogP contribution is 2.26. The van der Waals surface area contributed by atoms with Crippen LogP contribution < -0.4 is 16.0 Å². The number of carbonyl (C=O) groups is 1. The first-order valence-electron chi connectivity index (χ1n) is 10.8. The minimum Gasteiger partial charge on any atom is -0.357 e. The van der Waals surface area contributed by atoms with Gasteiger partial charge in [-0.15, -0.1) is 0 Å². The van der Waals surface area contributed by atoms with E-state index in [0.717, 1.165) is 64.0 Å². The molecule has 1 heterocycles. The molecule has 26 heavy (non-hydrogen) atoms. The molecular formula is C20H39N5O. The fourth-order valence-corrected chi connectivity index (χ4v) is 3.77. The number of guanidine groups is 1.